The number of nitro groups is 1. The average molecular weight is 336 g/mol. The first-order chi connectivity index (χ1) is 12.1. The van der Waals surface area contributed by atoms with E-state index in [-0.39, 0.29) is 16.7 Å². The number of nitrogens with one attached hydrogen (secondary N) is 1. The maximum absolute atomic E-state index is 11.4. The highest BCUT2D eigenvalue weighted by Gasteiger charge is 2.38. The van der Waals surface area contributed by atoms with E-state index < -0.39 is 0 Å². The minimum atomic E-state index is -0.380. The Morgan fingerprint density at radius 2 is 2.12 bits per heavy atom. The predicted molar refractivity (Wildman–Crippen MR) is 97.2 cm³/mol. The molecule has 2 aromatic rings. The number of allylic oxidation sites excluding steroid dienone is 2. The Morgan fingerprint density at radius 3 is 2.88 bits per heavy atom. The van der Waals surface area contributed by atoms with Crippen LogP contribution in [0, 0.1) is 23.0 Å². The van der Waals surface area contributed by atoms with Gasteiger partial charge in [0.2, 0.25) is 0 Å². The van der Waals surface area contributed by atoms with Crippen molar-refractivity contribution in [3.05, 3.63) is 75.4 Å². The van der Waals surface area contributed by atoms with Crippen molar-refractivity contribution in [1.29, 1.82) is 0 Å². The number of nitrogens with zero attached hydrogens (tertiary/aromatic N) is 1. The summed E-state index contributed by atoms with van der Waals surface area (Å²) < 4.78 is 5.14. The van der Waals surface area contributed by atoms with E-state index in [0.29, 0.717) is 17.6 Å². The van der Waals surface area contributed by atoms with Crippen LogP contribution in [-0.2, 0) is 0 Å². The number of rotatable bonds is 3. The zero-order chi connectivity index (χ0) is 17.6. The third-order valence-electron chi connectivity index (χ3n) is 5.36. The zero-order valence-corrected chi connectivity index (χ0v) is 14.2. The molecular weight excluding hydrogens is 316 g/mol. The largest absolute Gasteiger partial charge is 0.490 e. The molecule has 2 aliphatic rings. The van der Waals surface area contributed by atoms with Crippen LogP contribution >= 0.6 is 0 Å². The Balaban J connectivity index is 1.80. The standard InChI is InChI=1S/C20H20N2O3/c1-12-5-3-7-15-14-6-4-8-16(14)20(21-19(12)15)13-9-10-18(25-2)17(11-13)22(23)24/h3-7,9-11,14,16,20-21H,8H2,1-2H3/t14-,16-,20+/m1/s1. The minimum absolute atomic E-state index is 0.0138. The topological polar surface area (TPSA) is 64.4 Å². The molecule has 25 heavy (non-hydrogen) atoms. The third-order valence-corrected chi connectivity index (χ3v) is 5.36. The van der Waals surface area contributed by atoms with Gasteiger partial charge >= 0.3 is 5.69 Å². The fraction of sp³-hybridized carbons (Fsp3) is 0.300. The highest BCUT2D eigenvalue weighted by atomic mass is 16.6. The van der Waals surface area contributed by atoms with Gasteiger partial charge in [0.1, 0.15) is 0 Å². The van der Waals surface area contributed by atoms with E-state index in [0.717, 1.165) is 17.7 Å². The van der Waals surface area contributed by atoms with Gasteiger partial charge in [0.05, 0.1) is 18.1 Å². The number of nitro benzene ring substituents is 1. The Morgan fingerprint density at radius 1 is 1.28 bits per heavy atom. The van der Waals surface area contributed by atoms with E-state index in [9.17, 15) is 10.1 Å². The Labute approximate surface area is 146 Å². The van der Waals surface area contributed by atoms with Crippen molar-refractivity contribution in [3.8, 4) is 5.75 Å². The van der Waals surface area contributed by atoms with Crippen LogP contribution in [0.15, 0.2) is 48.6 Å². The monoisotopic (exact) mass is 336 g/mol. The van der Waals surface area contributed by atoms with Crippen molar-refractivity contribution in [2.24, 2.45) is 5.92 Å². The van der Waals surface area contributed by atoms with Gasteiger partial charge in [-0.25, -0.2) is 0 Å². The molecule has 1 aliphatic carbocycles. The van der Waals surface area contributed by atoms with Crippen molar-refractivity contribution in [2.45, 2.75) is 25.3 Å². The van der Waals surface area contributed by atoms with E-state index in [1.54, 1.807) is 12.1 Å². The van der Waals surface area contributed by atoms with Gasteiger partial charge in [-0.3, -0.25) is 10.1 Å². The molecule has 0 amide bonds. The first-order valence-electron chi connectivity index (χ1n) is 8.45. The molecular formula is C20H20N2O3. The van der Waals surface area contributed by atoms with E-state index >= 15 is 0 Å². The van der Waals surface area contributed by atoms with Gasteiger partial charge in [0.25, 0.3) is 0 Å². The second kappa shape index (κ2) is 5.92. The van der Waals surface area contributed by atoms with Crippen molar-refractivity contribution >= 4 is 11.4 Å². The molecule has 0 bridgehead atoms. The van der Waals surface area contributed by atoms with Gasteiger partial charge in [-0.1, -0.05) is 36.4 Å². The van der Waals surface area contributed by atoms with Gasteiger partial charge in [-0.2, -0.15) is 0 Å². The lowest BCUT2D eigenvalue weighted by Gasteiger charge is -2.38. The molecule has 0 spiro atoms. The van der Waals surface area contributed by atoms with Crippen LogP contribution in [0.2, 0.25) is 0 Å². The predicted octanol–water partition coefficient (Wildman–Crippen LogP) is 4.74. The first kappa shape index (κ1) is 15.7. The highest BCUT2D eigenvalue weighted by Crippen LogP contribution is 2.51. The molecule has 1 heterocycles. The van der Waals surface area contributed by atoms with Crippen molar-refractivity contribution < 1.29 is 9.66 Å². The summed E-state index contributed by atoms with van der Waals surface area (Å²) in [7, 11) is 1.46. The number of hydrogen-bond donors (Lipinski definition) is 1. The van der Waals surface area contributed by atoms with E-state index in [4.69, 9.17) is 4.74 Å². The van der Waals surface area contributed by atoms with Crippen LogP contribution in [0.25, 0.3) is 0 Å². The summed E-state index contributed by atoms with van der Waals surface area (Å²) >= 11 is 0. The van der Waals surface area contributed by atoms with E-state index in [1.807, 2.05) is 6.07 Å². The van der Waals surface area contributed by atoms with Gasteiger partial charge in [0, 0.05) is 17.7 Å². The van der Waals surface area contributed by atoms with Gasteiger partial charge in [-0.15, -0.1) is 0 Å². The number of aryl methyl sites for hydroxylation is 1. The van der Waals surface area contributed by atoms with Crippen LogP contribution < -0.4 is 10.1 Å². The summed E-state index contributed by atoms with van der Waals surface area (Å²) in [6, 6.07) is 11.7. The molecule has 4 rings (SSSR count). The van der Waals surface area contributed by atoms with E-state index in [2.05, 4.69) is 42.6 Å². The number of benzene rings is 2. The molecule has 0 radical (unpaired) electrons. The van der Waals surface area contributed by atoms with E-state index in [1.165, 1.54) is 18.2 Å². The maximum Gasteiger partial charge on any atom is 0.311 e. The normalized spacial score (nSPS) is 23.5. The Hall–Kier alpha value is -2.82. The summed E-state index contributed by atoms with van der Waals surface area (Å²) in [5, 5.41) is 15.0. The molecule has 3 atom stereocenters. The molecule has 5 nitrogen and oxygen atoms in total. The maximum atomic E-state index is 11.4. The van der Waals surface area contributed by atoms with Crippen LogP contribution in [0.5, 0.6) is 5.75 Å². The molecule has 0 saturated heterocycles. The quantitative estimate of drug-likeness (QED) is 0.499. The highest BCUT2D eigenvalue weighted by molar-refractivity contribution is 5.64. The second-order valence-electron chi connectivity index (χ2n) is 6.70. The minimum Gasteiger partial charge on any atom is -0.490 e. The molecule has 1 N–H and O–H groups in total. The number of para-hydroxylation sites is 1. The molecule has 1 aliphatic heterocycles. The summed E-state index contributed by atoms with van der Waals surface area (Å²) in [6.45, 7) is 2.10. The van der Waals surface area contributed by atoms with Gasteiger partial charge in [-0.05, 0) is 42.0 Å². The smallest absolute Gasteiger partial charge is 0.311 e. The fourth-order valence-corrected chi connectivity index (χ4v) is 4.15. The molecule has 0 unspecified atom stereocenters. The Kier molecular flexibility index (Phi) is 3.71. The van der Waals surface area contributed by atoms with Gasteiger partial charge in [0.15, 0.2) is 5.75 Å². The van der Waals surface area contributed by atoms with Crippen molar-refractivity contribution in [3.63, 3.8) is 0 Å². The lowest BCUT2D eigenvalue weighted by atomic mass is 9.76. The lowest BCUT2D eigenvalue weighted by Crippen LogP contribution is -2.29. The van der Waals surface area contributed by atoms with Crippen LogP contribution in [-0.4, -0.2) is 12.0 Å². The molecule has 0 saturated carbocycles. The summed E-state index contributed by atoms with van der Waals surface area (Å²) in [6.07, 6.45) is 5.46. The molecule has 2 aromatic carbocycles. The van der Waals surface area contributed by atoms with Gasteiger partial charge < -0.3 is 10.1 Å². The molecule has 128 valence electrons. The number of methoxy groups -OCH3 is 1. The third kappa shape index (κ3) is 2.47. The molecule has 0 fully saturated rings. The SMILES string of the molecule is COc1ccc([C@@H]2Nc3c(C)cccc3[C@H]3C=CC[C@H]32)cc1[N+](=O)[O-]. The summed E-state index contributed by atoms with van der Waals surface area (Å²) in [5.74, 6) is 1.01. The second-order valence-corrected chi connectivity index (χ2v) is 6.70. The van der Waals surface area contributed by atoms with Crippen LogP contribution in [0.1, 0.15) is 35.1 Å². The van der Waals surface area contributed by atoms with Crippen LogP contribution in [0.3, 0.4) is 0 Å². The first-order valence-corrected chi connectivity index (χ1v) is 8.45. The van der Waals surface area contributed by atoms with Crippen molar-refractivity contribution in [1.82, 2.24) is 0 Å². The molecule has 0 aromatic heterocycles. The average Bonchev–Trinajstić information content (AvgIpc) is 3.11. The Bertz CT molecular complexity index is 875. The van der Waals surface area contributed by atoms with Crippen molar-refractivity contribution in [2.75, 3.05) is 12.4 Å². The number of hydrogen-bond acceptors (Lipinski definition) is 4. The van der Waals surface area contributed by atoms with Crippen LogP contribution in [0.4, 0.5) is 11.4 Å². The lowest BCUT2D eigenvalue weighted by molar-refractivity contribution is -0.385. The summed E-state index contributed by atoms with van der Waals surface area (Å²) in [4.78, 5) is 11.0. The summed E-state index contributed by atoms with van der Waals surface area (Å²) in [5.41, 5.74) is 4.61. The number of ether oxygens (including phenoxy) is 1. The number of anilines is 1. The fourth-order valence-electron chi connectivity index (χ4n) is 4.15. The zero-order valence-electron chi connectivity index (χ0n) is 14.2. The molecule has 5 heteroatoms. The number of fused-ring (bicyclic) bond motifs is 3.